The van der Waals surface area contributed by atoms with Crippen molar-refractivity contribution in [2.75, 3.05) is 6.61 Å². The van der Waals surface area contributed by atoms with E-state index in [1.54, 1.807) is 20.8 Å². The Kier molecular flexibility index (Phi) is 8.25. The van der Waals surface area contributed by atoms with Gasteiger partial charge in [-0.25, -0.2) is 9.59 Å². The van der Waals surface area contributed by atoms with Crippen LogP contribution in [-0.2, 0) is 23.9 Å². The number of hydrogen-bond acceptors (Lipinski definition) is 5. The minimum atomic E-state index is -0.678. The third kappa shape index (κ3) is 7.58. The smallest absolute Gasteiger partial charge is 0.331 e. The molecule has 0 aliphatic heterocycles. The van der Waals surface area contributed by atoms with Crippen molar-refractivity contribution in [3.8, 4) is 0 Å². The van der Waals surface area contributed by atoms with Gasteiger partial charge in [0.05, 0.1) is 12.1 Å². The second-order valence-electron chi connectivity index (χ2n) is 5.33. The number of hydrogen-bond donors (Lipinski definition) is 1. The van der Waals surface area contributed by atoms with Gasteiger partial charge in [-0.3, -0.25) is 4.79 Å². The van der Waals surface area contributed by atoms with E-state index in [2.05, 4.69) is 5.32 Å². The maximum Gasteiger partial charge on any atom is 0.331 e. The molecule has 0 aliphatic carbocycles. The molecule has 0 fully saturated rings. The van der Waals surface area contributed by atoms with E-state index in [4.69, 9.17) is 9.47 Å². The number of nitrogens with one attached hydrogen (secondary N) is 1. The molecule has 1 amide bonds. The maximum absolute atomic E-state index is 11.7. The molecule has 0 bridgehead atoms. The largest absolute Gasteiger partial charge is 0.460 e. The average molecular weight is 333 g/mol. The van der Waals surface area contributed by atoms with Crippen molar-refractivity contribution in [3.63, 3.8) is 0 Å². The molecule has 1 atom stereocenters. The highest BCUT2D eigenvalue weighted by atomic mass is 16.5. The van der Waals surface area contributed by atoms with Crippen molar-refractivity contribution in [1.82, 2.24) is 5.32 Å². The summed E-state index contributed by atoms with van der Waals surface area (Å²) in [4.78, 5) is 34.7. The molecular weight excluding hydrogens is 310 g/mol. The van der Waals surface area contributed by atoms with E-state index in [1.807, 2.05) is 30.3 Å². The van der Waals surface area contributed by atoms with Crippen LogP contribution in [0.1, 0.15) is 38.8 Å². The minimum absolute atomic E-state index is 0.0296. The zero-order chi connectivity index (χ0) is 17.9. The number of benzene rings is 1. The molecule has 1 aromatic rings. The molecular formula is C18H23NO5. The van der Waals surface area contributed by atoms with E-state index in [0.29, 0.717) is 6.42 Å². The summed E-state index contributed by atoms with van der Waals surface area (Å²) in [6.45, 7) is 5.14. The molecule has 0 radical (unpaired) electrons. The fourth-order valence-corrected chi connectivity index (χ4v) is 1.82. The van der Waals surface area contributed by atoms with Crippen LogP contribution in [0.2, 0.25) is 0 Å². The van der Waals surface area contributed by atoms with Crippen LogP contribution < -0.4 is 5.32 Å². The van der Waals surface area contributed by atoms with Crippen molar-refractivity contribution in [3.05, 3.63) is 48.0 Å². The summed E-state index contributed by atoms with van der Waals surface area (Å²) in [5.74, 6) is -1.43. The van der Waals surface area contributed by atoms with Crippen LogP contribution in [0, 0.1) is 0 Å². The lowest BCUT2D eigenvalue weighted by atomic mass is 10.1. The van der Waals surface area contributed by atoms with E-state index in [0.717, 1.165) is 17.7 Å². The first-order valence-corrected chi connectivity index (χ1v) is 7.82. The number of carbonyl (C=O) groups excluding carboxylic acids is 3. The van der Waals surface area contributed by atoms with Crippen LogP contribution in [0.25, 0.3) is 0 Å². The van der Waals surface area contributed by atoms with Crippen LogP contribution in [0.5, 0.6) is 0 Å². The Hall–Kier alpha value is -2.63. The van der Waals surface area contributed by atoms with Gasteiger partial charge in [-0.15, -0.1) is 0 Å². The van der Waals surface area contributed by atoms with Crippen molar-refractivity contribution in [2.24, 2.45) is 0 Å². The molecule has 1 rings (SSSR count). The molecule has 0 saturated carbocycles. The molecule has 0 heterocycles. The summed E-state index contributed by atoms with van der Waals surface area (Å²) in [5, 5.41) is 2.80. The third-order valence-corrected chi connectivity index (χ3v) is 2.96. The Bertz CT molecular complexity index is 580. The fourth-order valence-electron chi connectivity index (χ4n) is 1.82. The van der Waals surface area contributed by atoms with Gasteiger partial charge in [0.25, 0.3) is 0 Å². The quantitative estimate of drug-likeness (QED) is 0.583. The van der Waals surface area contributed by atoms with Gasteiger partial charge in [0.1, 0.15) is 6.61 Å². The molecule has 0 aromatic heterocycles. The van der Waals surface area contributed by atoms with Crippen molar-refractivity contribution in [1.29, 1.82) is 0 Å². The molecule has 24 heavy (non-hydrogen) atoms. The first-order valence-electron chi connectivity index (χ1n) is 7.82. The second kappa shape index (κ2) is 10.2. The Morgan fingerprint density at radius 1 is 1.08 bits per heavy atom. The monoisotopic (exact) mass is 333 g/mol. The van der Waals surface area contributed by atoms with Gasteiger partial charge in [-0.05, 0) is 19.4 Å². The van der Waals surface area contributed by atoms with Gasteiger partial charge >= 0.3 is 11.9 Å². The van der Waals surface area contributed by atoms with E-state index in [-0.39, 0.29) is 18.6 Å². The maximum atomic E-state index is 11.7. The van der Waals surface area contributed by atoms with Crippen LogP contribution in [0.3, 0.4) is 0 Å². The highest BCUT2D eigenvalue weighted by Crippen LogP contribution is 2.13. The summed E-state index contributed by atoms with van der Waals surface area (Å²) < 4.78 is 9.98. The van der Waals surface area contributed by atoms with Gasteiger partial charge in [0, 0.05) is 18.6 Å². The molecule has 6 nitrogen and oxygen atoms in total. The van der Waals surface area contributed by atoms with Gasteiger partial charge in [0.15, 0.2) is 0 Å². The highest BCUT2D eigenvalue weighted by Gasteiger charge is 2.15. The number of rotatable bonds is 8. The number of esters is 2. The normalized spacial score (nSPS) is 12.0. The Labute approximate surface area is 141 Å². The first kappa shape index (κ1) is 19.4. The number of amides is 1. The standard InChI is InChI=1S/C18H23NO5/c1-4-16(20)19-15(14-8-6-5-7-9-14)12-23-17(21)10-11-18(22)24-13(2)3/h5-11,13,15H,4,12H2,1-3H3,(H,19,20)/b11-10+/t15-/m1/s1. The molecule has 6 heteroatoms. The van der Waals surface area contributed by atoms with Gasteiger partial charge in [-0.1, -0.05) is 37.3 Å². The minimum Gasteiger partial charge on any atom is -0.460 e. The van der Waals surface area contributed by atoms with Crippen LogP contribution in [0.15, 0.2) is 42.5 Å². The summed E-state index contributed by atoms with van der Waals surface area (Å²) in [6, 6.07) is 8.76. The molecule has 0 saturated heterocycles. The summed E-state index contributed by atoms with van der Waals surface area (Å²) >= 11 is 0. The van der Waals surface area contributed by atoms with E-state index in [1.165, 1.54) is 0 Å². The van der Waals surface area contributed by atoms with Gasteiger partial charge in [0.2, 0.25) is 5.91 Å². The van der Waals surface area contributed by atoms with Crippen molar-refractivity contribution in [2.45, 2.75) is 39.3 Å². The third-order valence-electron chi connectivity index (χ3n) is 2.96. The zero-order valence-electron chi connectivity index (χ0n) is 14.2. The van der Waals surface area contributed by atoms with E-state index >= 15 is 0 Å². The Morgan fingerprint density at radius 3 is 2.29 bits per heavy atom. The predicted octanol–water partition coefficient (Wildman–Crippen LogP) is 2.30. The number of carbonyl (C=O) groups is 3. The van der Waals surface area contributed by atoms with E-state index in [9.17, 15) is 14.4 Å². The lowest BCUT2D eigenvalue weighted by molar-refractivity contribution is -0.143. The first-order chi connectivity index (χ1) is 11.4. The topological polar surface area (TPSA) is 81.7 Å². The summed E-state index contributed by atoms with van der Waals surface area (Å²) in [7, 11) is 0. The predicted molar refractivity (Wildman–Crippen MR) is 88.9 cm³/mol. The Morgan fingerprint density at radius 2 is 1.71 bits per heavy atom. The SMILES string of the molecule is CCC(=O)N[C@H](COC(=O)/C=C/C(=O)OC(C)C)c1ccccc1. The van der Waals surface area contributed by atoms with Crippen molar-refractivity contribution < 1.29 is 23.9 Å². The van der Waals surface area contributed by atoms with Crippen molar-refractivity contribution >= 4 is 17.8 Å². The average Bonchev–Trinajstić information content (AvgIpc) is 2.56. The van der Waals surface area contributed by atoms with Crippen LogP contribution in [0.4, 0.5) is 0 Å². The second-order valence-corrected chi connectivity index (χ2v) is 5.33. The summed E-state index contributed by atoms with van der Waals surface area (Å²) in [5.41, 5.74) is 0.829. The Balaban J connectivity index is 2.61. The molecule has 0 spiro atoms. The molecule has 0 aliphatic rings. The highest BCUT2D eigenvalue weighted by molar-refractivity contribution is 5.91. The van der Waals surface area contributed by atoms with E-state index < -0.39 is 18.0 Å². The lowest BCUT2D eigenvalue weighted by Crippen LogP contribution is -2.31. The fraction of sp³-hybridized carbons (Fsp3) is 0.389. The molecule has 0 unspecified atom stereocenters. The van der Waals surface area contributed by atoms with Crippen LogP contribution >= 0.6 is 0 Å². The summed E-state index contributed by atoms with van der Waals surface area (Å²) in [6.07, 6.45) is 2.10. The van der Waals surface area contributed by atoms with Gasteiger partial charge in [-0.2, -0.15) is 0 Å². The van der Waals surface area contributed by atoms with Crippen LogP contribution in [-0.4, -0.2) is 30.6 Å². The molecule has 130 valence electrons. The molecule has 1 aromatic carbocycles. The number of ether oxygens (including phenoxy) is 2. The van der Waals surface area contributed by atoms with Gasteiger partial charge < -0.3 is 14.8 Å². The molecule has 1 N–H and O–H groups in total. The lowest BCUT2D eigenvalue weighted by Gasteiger charge is -2.18. The zero-order valence-corrected chi connectivity index (χ0v) is 14.2.